The van der Waals surface area contributed by atoms with Gasteiger partial charge in [-0.2, -0.15) is 0 Å². The molecular formula is C28H40Cl2N4O5S. The maximum absolute atomic E-state index is 12.8. The zero-order valence-corrected chi connectivity index (χ0v) is 25.5. The Balaban J connectivity index is 1.42. The number of sulfonamides is 1. The molecule has 2 aromatic carbocycles. The summed E-state index contributed by atoms with van der Waals surface area (Å²) in [6.07, 6.45) is 2.77. The van der Waals surface area contributed by atoms with Gasteiger partial charge >= 0.3 is 0 Å². The highest BCUT2D eigenvalue weighted by atomic mass is 35.5. The van der Waals surface area contributed by atoms with E-state index in [9.17, 15) is 8.42 Å². The lowest BCUT2D eigenvalue weighted by molar-refractivity contribution is 0.0380. The highest BCUT2D eigenvalue weighted by Crippen LogP contribution is 2.43. The number of ether oxygens (including phenoxy) is 3. The normalized spacial score (nSPS) is 21.6. The van der Waals surface area contributed by atoms with E-state index < -0.39 is 10.0 Å². The SMILES string of the molecule is CN(C)[C@@H]1CCCN([C@H]2Cc3c(Cl)cc(Cl)cc3[C@@H]2Oc2ccc(S(=O)(=O)NCCOCCOCCN)cc2)C1. The third-order valence-corrected chi connectivity index (χ3v) is 9.49. The van der Waals surface area contributed by atoms with Crippen molar-refractivity contribution in [2.24, 2.45) is 5.73 Å². The molecule has 9 nitrogen and oxygen atoms in total. The highest BCUT2D eigenvalue weighted by Gasteiger charge is 2.41. The van der Waals surface area contributed by atoms with Crippen molar-refractivity contribution in [3.63, 3.8) is 0 Å². The van der Waals surface area contributed by atoms with Gasteiger partial charge in [-0.15, -0.1) is 0 Å². The molecule has 2 aromatic rings. The largest absolute Gasteiger partial charge is 0.484 e. The summed E-state index contributed by atoms with van der Waals surface area (Å²) in [6, 6.07) is 10.8. The molecule has 1 fully saturated rings. The van der Waals surface area contributed by atoms with Crippen LogP contribution in [-0.2, 0) is 25.9 Å². The van der Waals surface area contributed by atoms with E-state index in [1.165, 1.54) is 6.42 Å². The Kier molecular flexibility index (Phi) is 11.5. The predicted molar refractivity (Wildman–Crippen MR) is 158 cm³/mol. The molecule has 0 saturated carbocycles. The summed E-state index contributed by atoms with van der Waals surface area (Å²) in [5, 5.41) is 1.22. The van der Waals surface area contributed by atoms with Crippen LogP contribution < -0.4 is 15.2 Å². The average molecular weight is 616 g/mol. The summed E-state index contributed by atoms with van der Waals surface area (Å²) < 4.78 is 45.3. The van der Waals surface area contributed by atoms with E-state index >= 15 is 0 Å². The number of piperidine rings is 1. The van der Waals surface area contributed by atoms with Gasteiger partial charge in [-0.25, -0.2) is 13.1 Å². The smallest absolute Gasteiger partial charge is 0.240 e. The molecular weight excluding hydrogens is 575 g/mol. The Morgan fingerprint density at radius 1 is 1.07 bits per heavy atom. The quantitative estimate of drug-likeness (QED) is 0.312. The van der Waals surface area contributed by atoms with Crippen molar-refractivity contribution in [3.8, 4) is 5.75 Å². The number of rotatable bonds is 14. The van der Waals surface area contributed by atoms with Gasteiger partial charge in [-0.05, 0) is 81.9 Å². The molecule has 0 radical (unpaired) electrons. The minimum absolute atomic E-state index is 0.0968. The molecule has 1 aliphatic heterocycles. The molecule has 222 valence electrons. The van der Waals surface area contributed by atoms with E-state index in [1.54, 1.807) is 30.3 Å². The molecule has 1 aliphatic carbocycles. The van der Waals surface area contributed by atoms with Gasteiger partial charge in [0, 0.05) is 41.3 Å². The molecule has 1 saturated heterocycles. The predicted octanol–water partition coefficient (Wildman–Crippen LogP) is 3.33. The number of nitrogens with zero attached hydrogens (tertiary/aromatic N) is 2. The fourth-order valence-corrected chi connectivity index (χ4v) is 6.96. The molecule has 40 heavy (non-hydrogen) atoms. The van der Waals surface area contributed by atoms with E-state index in [4.69, 9.17) is 43.1 Å². The number of likely N-dealkylation sites (tertiary alicyclic amines) is 1. The van der Waals surface area contributed by atoms with E-state index in [1.807, 2.05) is 6.07 Å². The van der Waals surface area contributed by atoms with Crippen LogP contribution in [0, 0.1) is 0 Å². The number of nitrogens with two attached hydrogens (primary N) is 1. The number of benzene rings is 2. The Labute approximate surface area is 247 Å². The molecule has 12 heteroatoms. The number of fused-ring (bicyclic) bond motifs is 1. The van der Waals surface area contributed by atoms with Gasteiger partial charge < -0.3 is 24.8 Å². The molecule has 0 spiro atoms. The second-order valence-corrected chi connectivity index (χ2v) is 13.0. The molecule has 0 unspecified atom stereocenters. The van der Waals surface area contributed by atoms with Crippen LogP contribution >= 0.6 is 23.2 Å². The van der Waals surface area contributed by atoms with Crippen molar-refractivity contribution in [1.82, 2.24) is 14.5 Å². The minimum atomic E-state index is -3.69. The molecule has 3 atom stereocenters. The van der Waals surface area contributed by atoms with Gasteiger partial charge in [0.1, 0.15) is 11.9 Å². The van der Waals surface area contributed by atoms with Crippen molar-refractivity contribution < 1.29 is 22.6 Å². The van der Waals surface area contributed by atoms with Gasteiger partial charge in [-0.3, -0.25) is 4.90 Å². The Bertz CT molecular complexity index is 1220. The summed E-state index contributed by atoms with van der Waals surface area (Å²) in [5.41, 5.74) is 7.41. The van der Waals surface area contributed by atoms with Crippen molar-refractivity contribution in [2.45, 2.75) is 42.3 Å². The third-order valence-electron chi connectivity index (χ3n) is 7.46. The van der Waals surface area contributed by atoms with E-state index in [-0.39, 0.29) is 30.2 Å². The first-order valence-electron chi connectivity index (χ1n) is 13.7. The van der Waals surface area contributed by atoms with Crippen LogP contribution in [0.5, 0.6) is 5.75 Å². The van der Waals surface area contributed by atoms with Crippen LogP contribution in [-0.4, -0.2) is 97.0 Å². The van der Waals surface area contributed by atoms with Gasteiger partial charge in [0.05, 0.1) is 37.4 Å². The molecule has 2 aliphatic rings. The first-order valence-corrected chi connectivity index (χ1v) is 15.9. The molecule has 1 heterocycles. The second kappa shape index (κ2) is 14.6. The van der Waals surface area contributed by atoms with Crippen LogP contribution in [0.1, 0.15) is 30.1 Å². The number of halogens is 2. The van der Waals surface area contributed by atoms with E-state index in [2.05, 4.69) is 28.6 Å². The minimum Gasteiger partial charge on any atom is -0.484 e. The standard InChI is InChI=1S/C28H40Cl2N4O5S/c1-33(2)21-4-3-11-34(19-21)27-18-24-25(16-20(29)17-26(24)30)28(27)39-22-5-7-23(8-6-22)40(35,36)32-10-13-38-15-14-37-12-9-31/h5-8,16-17,21,27-28,32H,3-4,9-15,18-19,31H2,1-2H3/t21-,27+,28+/m1/s1. The summed E-state index contributed by atoms with van der Waals surface area (Å²) >= 11 is 13.0. The van der Waals surface area contributed by atoms with Crippen molar-refractivity contribution in [3.05, 3.63) is 57.6 Å². The van der Waals surface area contributed by atoms with Crippen LogP contribution in [0.3, 0.4) is 0 Å². The zero-order chi connectivity index (χ0) is 28.7. The van der Waals surface area contributed by atoms with Gasteiger partial charge in [0.2, 0.25) is 10.0 Å². The zero-order valence-electron chi connectivity index (χ0n) is 23.2. The molecule has 0 bridgehead atoms. The fourth-order valence-electron chi connectivity index (χ4n) is 5.37. The van der Waals surface area contributed by atoms with Gasteiger partial charge in [0.25, 0.3) is 0 Å². The summed E-state index contributed by atoms with van der Waals surface area (Å²) in [4.78, 5) is 4.94. The van der Waals surface area contributed by atoms with Crippen molar-refractivity contribution in [2.75, 3.05) is 66.7 Å². The molecule has 3 N–H and O–H groups in total. The molecule has 0 aromatic heterocycles. The third kappa shape index (κ3) is 8.08. The summed E-state index contributed by atoms with van der Waals surface area (Å²) in [7, 11) is 0.560. The van der Waals surface area contributed by atoms with Crippen molar-refractivity contribution in [1.29, 1.82) is 0 Å². The first kappa shape index (κ1) is 31.5. The Hall–Kier alpha value is -1.47. The van der Waals surface area contributed by atoms with Gasteiger partial charge in [-0.1, -0.05) is 23.2 Å². The second-order valence-electron chi connectivity index (χ2n) is 10.4. The average Bonchev–Trinajstić information content (AvgIpc) is 3.29. The van der Waals surface area contributed by atoms with Gasteiger partial charge in [0.15, 0.2) is 0 Å². The Morgan fingerprint density at radius 3 is 2.50 bits per heavy atom. The number of hydrogen-bond acceptors (Lipinski definition) is 8. The maximum atomic E-state index is 12.8. The highest BCUT2D eigenvalue weighted by molar-refractivity contribution is 7.89. The van der Waals surface area contributed by atoms with Crippen LogP contribution in [0.25, 0.3) is 0 Å². The maximum Gasteiger partial charge on any atom is 0.240 e. The number of hydrogen-bond donors (Lipinski definition) is 2. The lowest BCUT2D eigenvalue weighted by Crippen LogP contribution is -2.51. The number of likely N-dealkylation sites (N-methyl/N-ethyl adjacent to an activating group) is 1. The van der Waals surface area contributed by atoms with Crippen LogP contribution in [0.2, 0.25) is 10.0 Å². The van der Waals surface area contributed by atoms with Crippen molar-refractivity contribution >= 4 is 33.2 Å². The topological polar surface area (TPSA) is 106 Å². The summed E-state index contributed by atoms with van der Waals surface area (Å²) in [5.74, 6) is 0.583. The lowest BCUT2D eigenvalue weighted by atomic mass is 10.0. The van der Waals surface area contributed by atoms with Crippen LogP contribution in [0.15, 0.2) is 41.3 Å². The van der Waals surface area contributed by atoms with E-state index in [0.717, 1.165) is 37.1 Å². The number of nitrogens with one attached hydrogen (secondary N) is 1. The molecule has 0 amide bonds. The molecule has 4 rings (SSSR count). The Morgan fingerprint density at radius 2 is 1.80 bits per heavy atom. The monoisotopic (exact) mass is 614 g/mol. The van der Waals surface area contributed by atoms with E-state index in [0.29, 0.717) is 48.2 Å². The fraction of sp³-hybridized carbons (Fsp3) is 0.571. The van der Waals surface area contributed by atoms with Crippen LogP contribution in [0.4, 0.5) is 0 Å². The first-order chi connectivity index (χ1) is 19.2. The summed E-state index contributed by atoms with van der Waals surface area (Å²) in [6.45, 7) is 4.06. The lowest BCUT2D eigenvalue weighted by Gasteiger charge is -2.41.